The van der Waals surface area contributed by atoms with E-state index in [1.807, 2.05) is 0 Å². The van der Waals surface area contributed by atoms with Gasteiger partial charge in [0.15, 0.2) is 10.9 Å². The Kier molecular flexibility index (Phi) is 3.82. The van der Waals surface area contributed by atoms with Crippen molar-refractivity contribution in [3.05, 3.63) is 39.9 Å². The van der Waals surface area contributed by atoms with Gasteiger partial charge in [0.2, 0.25) is 0 Å². The Morgan fingerprint density at radius 3 is 2.74 bits per heavy atom. The summed E-state index contributed by atoms with van der Waals surface area (Å²) in [4.78, 5) is 27.1. The van der Waals surface area contributed by atoms with Gasteiger partial charge in [-0.05, 0) is 12.1 Å². The summed E-state index contributed by atoms with van der Waals surface area (Å²) in [6.45, 7) is 1.41. The van der Waals surface area contributed by atoms with Crippen molar-refractivity contribution in [2.45, 2.75) is 6.92 Å². The highest BCUT2D eigenvalue weighted by Crippen LogP contribution is 2.24. The van der Waals surface area contributed by atoms with Crippen molar-refractivity contribution in [2.75, 3.05) is 11.1 Å². The number of carbonyl (C=O) groups excluding carboxylic acids is 2. The summed E-state index contributed by atoms with van der Waals surface area (Å²) in [5.74, 6) is -0.610. The third-order valence-corrected chi connectivity index (χ3v) is 3.43. The zero-order valence-electron chi connectivity index (χ0n) is 9.94. The molecule has 0 fully saturated rings. The molecular formula is C12H10ClN3O2S. The summed E-state index contributed by atoms with van der Waals surface area (Å²) < 4.78 is 0. The number of carbonyl (C=O) groups is 2. The van der Waals surface area contributed by atoms with Crippen molar-refractivity contribution < 1.29 is 9.59 Å². The number of Topliss-reactive ketones (excluding diaryl/α,β-unsaturated/α-hetero) is 1. The van der Waals surface area contributed by atoms with Crippen LogP contribution in [0.5, 0.6) is 0 Å². The van der Waals surface area contributed by atoms with E-state index in [4.69, 9.17) is 17.3 Å². The largest absolute Gasteiger partial charge is 0.398 e. The molecule has 0 aliphatic rings. The first-order valence-corrected chi connectivity index (χ1v) is 6.56. The van der Waals surface area contributed by atoms with E-state index in [2.05, 4.69) is 10.3 Å². The number of nitrogens with one attached hydrogen (secondary N) is 1. The maximum Gasteiger partial charge on any atom is 0.261 e. The fourth-order valence-electron chi connectivity index (χ4n) is 1.43. The summed E-state index contributed by atoms with van der Waals surface area (Å²) in [7, 11) is 0. The van der Waals surface area contributed by atoms with Gasteiger partial charge in [-0.25, -0.2) is 4.98 Å². The maximum absolute atomic E-state index is 12.0. The van der Waals surface area contributed by atoms with Gasteiger partial charge >= 0.3 is 0 Å². The van der Waals surface area contributed by atoms with Crippen molar-refractivity contribution in [3.63, 3.8) is 0 Å². The standard InChI is InChI=1S/C12H10ClN3O2S/c1-6(17)9-5-19-12(15-9)16-11(18)10-7(13)3-2-4-8(10)14/h2-5H,14H2,1H3,(H,15,16,18). The minimum Gasteiger partial charge on any atom is -0.398 e. The molecule has 1 aromatic heterocycles. The van der Waals surface area contributed by atoms with Gasteiger partial charge in [-0.1, -0.05) is 17.7 Å². The summed E-state index contributed by atoms with van der Waals surface area (Å²) in [6, 6.07) is 4.82. The molecule has 0 bridgehead atoms. The van der Waals surface area contributed by atoms with Gasteiger partial charge < -0.3 is 5.73 Å². The first kappa shape index (κ1) is 13.5. The Balaban J connectivity index is 2.23. The van der Waals surface area contributed by atoms with Crippen LogP contribution in [0.3, 0.4) is 0 Å². The zero-order chi connectivity index (χ0) is 14.0. The highest BCUT2D eigenvalue weighted by molar-refractivity contribution is 7.14. The molecule has 2 aromatic rings. The number of ketones is 1. The number of hydrogen-bond acceptors (Lipinski definition) is 5. The molecule has 0 aliphatic carbocycles. The van der Waals surface area contributed by atoms with E-state index in [9.17, 15) is 9.59 Å². The van der Waals surface area contributed by atoms with Gasteiger partial charge in [0, 0.05) is 18.0 Å². The molecule has 1 heterocycles. The van der Waals surface area contributed by atoms with E-state index >= 15 is 0 Å². The molecule has 1 amide bonds. The maximum atomic E-state index is 12.0. The van der Waals surface area contributed by atoms with Crippen LogP contribution in [-0.2, 0) is 0 Å². The van der Waals surface area contributed by atoms with E-state index in [0.29, 0.717) is 10.8 Å². The highest BCUT2D eigenvalue weighted by Gasteiger charge is 2.16. The van der Waals surface area contributed by atoms with Gasteiger partial charge in [-0.3, -0.25) is 14.9 Å². The average Bonchev–Trinajstić information content (AvgIpc) is 2.77. The quantitative estimate of drug-likeness (QED) is 0.673. The number of rotatable bonds is 3. The van der Waals surface area contributed by atoms with E-state index < -0.39 is 5.91 Å². The van der Waals surface area contributed by atoms with Crippen molar-refractivity contribution in [3.8, 4) is 0 Å². The molecule has 98 valence electrons. The van der Waals surface area contributed by atoms with E-state index in [-0.39, 0.29) is 22.1 Å². The van der Waals surface area contributed by atoms with Crippen LogP contribution in [0.2, 0.25) is 5.02 Å². The molecule has 0 saturated heterocycles. The van der Waals surface area contributed by atoms with Crippen LogP contribution >= 0.6 is 22.9 Å². The lowest BCUT2D eigenvalue weighted by atomic mass is 10.1. The van der Waals surface area contributed by atoms with Gasteiger partial charge in [-0.15, -0.1) is 11.3 Å². The number of benzene rings is 1. The molecule has 0 unspecified atom stereocenters. The third-order valence-electron chi connectivity index (χ3n) is 2.36. The van der Waals surface area contributed by atoms with Crippen LogP contribution in [0.25, 0.3) is 0 Å². The lowest BCUT2D eigenvalue weighted by molar-refractivity contribution is 0.100. The predicted octanol–water partition coefficient (Wildman–Crippen LogP) is 2.83. The molecule has 2 rings (SSSR count). The van der Waals surface area contributed by atoms with Crippen molar-refractivity contribution in [1.29, 1.82) is 0 Å². The van der Waals surface area contributed by atoms with Gasteiger partial charge in [0.1, 0.15) is 5.69 Å². The Bertz CT molecular complexity index is 634. The molecule has 0 saturated carbocycles. The molecule has 19 heavy (non-hydrogen) atoms. The average molecular weight is 296 g/mol. The fraction of sp³-hybridized carbons (Fsp3) is 0.0833. The summed E-state index contributed by atoms with van der Waals surface area (Å²) >= 11 is 7.10. The van der Waals surface area contributed by atoms with E-state index in [0.717, 1.165) is 11.3 Å². The Morgan fingerprint density at radius 2 is 2.16 bits per heavy atom. The van der Waals surface area contributed by atoms with Crippen molar-refractivity contribution >= 4 is 45.4 Å². The number of anilines is 2. The second-order valence-corrected chi connectivity index (χ2v) is 5.02. The number of nitrogens with two attached hydrogens (primary N) is 1. The first-order valence-electron chi connectivity index (χ1n) is 5.31. The first-order chi connectivity index (χ1) is 8.99. The fourth-order valence-corrected chi connectivity index (χ4v) is 2.45. The number of aromatic nitrogens is 1. The summed E-state index contributed by atoms with van der Waals surface area (Å²) in [5, 5.41) is 4.74. The molecule has 7 heteroatoms. The van der Waals surface area contributed by atoms with Crippen LogP contribution in [-0.4, -0.2) is 16.7 Å². The molecule has 5 nitrogen and oxygen atoms in total. The lowest BCUT2D eigenvalue weighted by Gasteiger charge is -2.06. The van der Waals surface area contributed by atoms with Crippen molar-refractivity contribution in [2.24, 2.45) is 0 Å². The number of hydrogen-bond donors (Lipinski definition) is 2. The molecule has 0 atom stereocenters. The number of amides is 1. The molecular weight excluding hydrogens is 286 g/mol. The summed E-state index contributed by atoms with van der Waals surface area (Å²) in [5.41, 5.74) is 6.51. The third kappa shape index (κ3) is 2.91. The van der Waals surface area contributed by atoms with Crippen LogP contribution in [0.15, 0.2) is 23.6 Å². The number of thiazole rings is 1. The normalized spacial score (nSPS) is 10.2. The zero-order valence-corrected chi connectivity index (χ0v) is 11.5. The monoisotopic (exact) mass is 295 g/mol. The molecule has 1 aromatic carbocycles. The van der Waals surface area contributed by atoms with Gasteiger partial charge in [-0.2, -0.15) is 0 Å². The van der Waals surface area contributed by atoms with Crippen molar-refractivity contribution in [1.82, 2.24) is 4.98 Å². The Hall–Kier alpha value is -1.92. The predicted molar refractivity (Wildman–Crippen MR) is 75.9 cm³/mol. The second kappa shape index (κ2) is 5.38. The minimum absolute atomic E-state index is 0.158. The minimum atomic E-state index is -0.451. The molecule has 0 radical (unpaired) electrons. The van der Waals surface area contributed by atoms with Gasteiger partial charge in [0.25, 0.3) is 5.91 Å². The van der Waals surface area contributed by atoms with Gasteiger partial charge in [0.05, 0.1) is 10.6 Å². The topological polar surface area (TPSA) is 85.1 Å². The molecule has 0 spiro atoms. The molecule has 0 aliphatic heterocycles. The second-order valence-electron chi connectivity index (χ2n) is 3.75. The Labute approximate surface area is 118 Å². The smallest absolute Gasteiger partial charge is 0.261 e. The lowest BCUT2D eigenvalue weighted by Crippen LogP contribution is -2.14. The summed E-state index contributed by atoms with van der Waals surface area (Å²) in [6.07, 6.45) is 0. The van der Waals surface area contributed by atoms with Crippen LogP contribution in [0.4, 0.5) is 10.8 Å². The number of nitrogens with zero attached hydrogens (tertiary/aromatic N) is 1. The molecule has 3 N–H and O–H groups in total. The van der Waals surface area contributed by atoms with E-state index in [1.54, 1.807) is 23.6 Å². The Morgan fingerprint density at radius 1 is 1.42 bits per heavy atom. The SMILES string of the molecule is CC(=O)c1csc(NC(=O)c2c(N)cccc2Cl)n1. The van der Waals surface area contributed by atoms with Crippen LogP contribution < -0.4 is 11.1 Å². The highest BCUT2D eigenvalue weighted by atomic mass is 35.5. The number of halogens is 1. The van der Waals surface area contributed by atoms with Crippen LogP contribution in [0.1, 0.15) is 27.8 Å². The number of nitrogen functional groups attached to an aromatic ring is 1. The van der Waals surface area contributed by atoms with E-state index in [1.165, 1.54) is 6.92 Å². The van der Waals surface area contributed by atoms with Crippen LogP contribution in [0, 0.1) is 0 Å².